The van der Waals surface area contributed by atoms with Crippen LogP contribution in [0.4, 0.5) is 0 Å². The van der Waals surface area contributed by atoms with Crippen molar-refractivity contribution in [2.75, 3.05) is 0 Å². The van der Waals surface area contributed by atoms with Gasteiger partial charge in [-0.15, -0.1) is 17.7 Å². The van der Waals surface area contributed by atoms with Gasteiger partial charge >= 0.3 is 0 Å². The number of rotatable bonds is 11. The predicted molar refractivity (Wildman–Crippen MR) is 211 cm³/mol. The third-order valence-electron chi connectivity index (χ3n) is 11.0. The Morgan fingerprint density at radius 1 is 0.863 bits per heavy atom. The third-order valence-corrected chi connectivity index (χ3v) is 11.0. The largest absolute Gasteiger partial charge is 0.512 e. The molecule has 0 unspecified atom stereocenters. The van der Waals surface area contributed by atoms with Gasteiger partial charge in [-0.05, 0) is 102 Å². The number of hydrogen-bond acceptors (Lipinski definition) is 4. The molecular formula is C46H58IrNO3-. The molecule has 5 heteroatoms. The smallest absolute Gasteiger partial charge is 0.162 e. The monoisotopic (exact) mass is 865 g/mol. The minimum Gasteiger partial charge on any atom is -0.512 e. The first-order valence-electron chi connectivity index (χ1n) is 19.3. The first-order valence-corrected chi connectivity index (χ1v) is 19.3. The summed E-state index contributed by atoms with van der Waals surface area (Å²) in [5.74, 6) is 2.02. The van der Waals surface area contributed by atoms with E-state index in [2.05, 4.69) is 89.3 Å². The van der Waals surface area contributed by atoms with E-state index in [0.717, 1.165) is 58.9 Å². The minimum absolute atomic E-state index is 0. The Hall–Kier alpha value is -3.27. The molecule has 1 aliphatic carbocycles. The molecule has 3 aromatic carbocycles. The molecule has 0 bridgehead atoms. The molecule has 0 aliphatic heterocycles. The van der Waals surface area contributed by atoms with Crippen molar-refractivity contribution in [3.63, 3.8) is 0 Å². The molecule has 6 rings (SSSR count). The Bertz CT molecular complexity index is 1970. The van der Waals surface area contributed by atoms with E-state index in [9.17, 15) is 9.90 Å². The van der Waals surface area contributed by atoms with Crippen LogP contribution >= 0.6 is 0 Å². The SMILES string of the molecule is CCC(CC)C(=O)/C=C(\O)C(CC)CC.Cc1ccc2c(c1)oc1c(-c3ncc(C(C)C)c4cc(C5CCCC5)ccc34)[c-]c(C(C)C)cc12.[Ir]. The van der Waals surface area contributed by atoms with E-state index in [1.165, 1.54) is 64.8 Å². The second kappa shape index (κ2) is 18.0. The van der Waals surface area contributed by atoms with Gasteiger partial charge in [-0.3, -0.25) is 4.79 Å². The van der Waals surface area contributed by atoms with Crippen molar-refractivity contribution in [2.45, 2.75) is 131 Å². The number of hydrogen-bond donors (Lipinski definition) is 1. The second-order valence-electron chi connectivity index (χ2n) is 15.1. The first kappa shape index (κ1) is 40.5. The van der Waals surface area contributed by atoms with Crippen LogP contribution in [0.15, 0.2) is 64.9 Å². The summed E-state index contributed by atoms with van der Waals surface area (Å²) in [5.41, 5.74) is 8.98. The van der Waals surface area contributed by atoms with Crippen LogP contribution < -0.4 is 0 Å². The molecule has 4 nitrogen and oxygen atoms in total. The topological polar surface area (TPSA) is 63.3 Å². The van der Waals surface area contributed by atoms with Crippen molar-refractivity contribution >= 4 is 38.5 Å². The Morgan fingerprint density at radius 3 is 2.12 bits per heavy atom. The zero-order valence-electron chi connectivity index (χ0n) is 32.3. The molecule has 275 valence electrons. The van der Waals surface area contributed by atoms with E-state index in [0.29, 0.717) is 17.8 Å². The van der Waals surface area contributed by atoms with Crippen LogP contribution in [0, 0.1) is 24.8 Å². The third kappa shape index (κ3) is 8.86. The number of carbonyl (C=O) groups excluding carboxylic acids is 1. The average Bonchev–Trinajstić information content (AvgIpc) is 3.77. The summed E-state index contributed by atoms with van der Waals surface area (Å²) in [4.78, 5) is 16.8. The second-order valence-corrected chi connectivity index (χ2v) is 15.1. The summed E-state index contributed by atoms with van der Waals surface area (Å²) in [7, 11) is 0. The van der Waals surface area contributed by atoms with Crippen molar-refractivity contribution in [1.29, 1.82) is 0 Å². The van der Waals surface area contributed by atoms with Gasteiger partial charge in [0.1, 0.15) is 5.58 Å². The maximum atomic E-state index is 11.7. The van der Waals surface area contributed by atoms with Crippen LogP contribution in [0.25, 0.3) is 44.0 Å². The van der Waals surface area contributed by atoms with Gasteiger partial charge < -0.3 is 14.5 Å². The van der Waals surface area contributed by atoms with Crippen LogP contribution in [0.1, 0.15) is 147 Å². The van der Waals surface area contributed by atoms with Gasteiger partial charge in [0.05, 0.1) is 11.3 Å². The van der Waals surface area contributed by atoms with Crippen molar-refractivity contribution < 1.29 is 34.4 Å². The molecule has 1 fully saturated rings. The van der Waals surface area contributed by atoms with Gasteiger partial charge in [0.25, 0.3) is 0 Å². The predicted octanol–water partition coefficient (Wildman–Crippen LogP) is 13.7. The van der Waals surface area contributed by atoms with Gasteiger partial charge in [-0.25, -0.2) is 0 Å². The van der Waals surface area contributed by atoms with E-state index < -0.39 is 0 Å². The molecule has 51 heavy (non-hydrogen) atoms. The number of carbonyl (C=O) groups is 1. The fourth-order valence-electron chi connectivity index (χ4n) is 7.66. The van der Waals surface area contributed by atoms with Gasteiger partial charge in [-0.2, -0.15) is 0 Å². The van der Waals surface area contributed by atoms with Gasteiger partial charge in [0, 0.05) is 49.6 Å². The summed E-state index contributed by atoms with van der Waals surface area (Å²) >= 11 is 0. The maximum Gasteiger partial charge on any atom is 0.162 e. The van der Waals surface area contributed by atoms with E-state index in [-0.39, 0.29) is 43.5 Å². The van der Waals surface area contributed by atoms with E-state index in [1.54, 1.807) is 0 Å². The molecule has 0 amide bonds. The van der Waals surface area contributed by atoms with Gasteiger partial charge in [0.2, 0.25) is 0 Å². The summed E-state index contributed by atoms with van der Waals surface area (Å²) in [6.07, 6.45) is 12.3. The fraction of sp³-hybridized carbons (Fsp3) is 0.478. The quantitative estimate of drug-likeness (QED) is 0.0816. The Morgan fingerprint density at radius 2 is 1.51 bits per heavy atom. The number of aliphatic hydroxyl groups is 1. The number of pyridine rings is 1. The molecule has 1 N–H and O–H groups in total. The number of benzene rings is 3. The maximum absolute atomic E-state index is 11.7. The number of allylic oxidation sites excluding steroid dienone is 2. The number of nitrogens with zero attached hydrogens (tertiary/aromatic N) is 1. The van der Waals surface area contributed by atoms with Crippen molar-refractivity contribution in [2.24, 2.45) is 11.8 Å². The summed E-state index contributed by atoms with van der Waals surface area (Å²) in [6, 6.07) is 19.6. The van der Waals surface area contributed by atoms with E-state index in [4.69, 9.17) is 9.40 Å². The molecule has 5 aromatic rings. The Kier molecular flexibility index (Phi) is 14.3. The van der Waals surface area contributed by atoms with Gasteiger partial charge in [0.15, 0.2) is 5.78 Å². The number of furan rings is 1. The molecule has 2 aromatic heterocycles. The van der Waals surface area contributed by atoms with Crippen molar-refractivity contribution in [1.82, 2.24) is 4.98 Å². The number of aliphatic hydroxyl groups excluding tert-OH is 1. The molecular weight excluding hydrogens is 807 g/mol. The van der Waals surface area contributed by atoms with Crippen LogP contribution in [-0.4, -0.2) is 15.9 Å². The van der Waals surface area contributed by atoms with Crippen LogP contribution in [-0.2, 0) is 24.9 Å². The molecule has 2 heterocycles. The summed E-state index contributed by atoms with van der Waals surface area (Å²) in [6.45, 7) is 19.2. The molecule has 1 radical (unpaired) electrons. The molecule has 0 atom stereocenters. The number of fused-ring (bicyclic) bond motifs is 4. The Labute approximate surface area is 319 Å². The van der Waals surface area contributed by atoms with E-state index >= 15 is 0 Å². The van der Waals surface area contributed by atoms with Crippen LogP contribution in [0.5, 0.6) is 0 Å². The normalized spacial score (nSPS) is 13.9. The Balaban J connectivity index is 0.000000312. The minimum atomic E-state index is 0. The van der Waals surface area contributed by atoms with Crippen molar-refractivity contribution in [3.05, 3.63) is 88.8 Å². The molecule has 0 saturated heterocycles. The molecule has 0 spiro atoms. The average molecular weight is 865 g/mol. The molecule has 1 aliphatic rings. The van der Waals surface area contributed by atoms with Crippen molar-refractivity contribution in [3.8, 4) is 11.3 Å². The van der Waals surface area contributed by atoms with Crippen LogP contribution in [0.2, 0.25) is 0 Å². The number of aromatic nitrogens is 1. The summed E-state index contributed by atoms with van der Waals surface area (Å²) < 4.78 is 6.51. The summed E-state index contributed by atoms with van der Waals surface area (Å²) in [5, 5.41) is 14.6. The molecule has 1 saturated carbocycles. The first-order chi connectivity index (χ1) is 24.0. The zero-order valence-corrected chi connectivity index (χ0v) is 34.7. The van der Waals surface area contributed by atoms with Gasteiger partial charge in [-0.1, -0.05) is 110 Å². The number of ketones is 1. The zero-order chi connectivity index (χ0) is 36.1. The fourth-order valence-corrected chi connectivity index (χ4v) is 7.66. The standard InChI is InChI=1S/C33H34NO.C13H24O2.Ir/c1-19(2)24-16-28-25-12-10-21(5)14-31(25)35-33(28)29(17-24)32-26-13-11-23(22-8-6-7-9-22)15-27(26)30(18-34-32)20(3)4;1-5-10(6-2)12(14)9-13(15)11(7-3)8-4;/h10-16,18-20,22H,6-9H2,1-5H3;9-11,14H,5-8H2,1-4H3;/q-1;;/b;12-9-;. The number of aryl methyl sites for hydroxylation is 1. The van der Waals surface area contributed by atoms with Crippen LogP contribution in [0.3, 0.4) is 0 Å². The van der Waals surface area contributed by atoms with E-state index in [1.807, 2.05) is 27.7 Å².